The van der Waals surface area contributed by atoms with Gasteiger partial charge in [0.2, 0.25) is 5.91 Å². The number of rotatable bonds is 8. The zero-order chi connectivity index (χ0) is 24.2. The molecule has 2 aromatic carbocycles. The Morgan fingerprint density at radius 1 is 1.12 bits per heavy atom. The number of nitrogens with zero attached hydrogens (tertiary/aromatic N) is 2. The maximum atomic E-state index is 12.6. The van der Waals surface area contributed by atoms with Crippen LogP contribution in [0.4, 0.5) is 0 Å². The average Bonchev–Trinajstić information content (AvgIpc) is 2.82. The lowest BCUT2D eigenvalue weighted by molar-refractivity contribution is -0.130. The minimum Gasteiger partial charge on any atom is -0.352 e. The van der Waals surface area contributed by atoms with Crippen molar-refractivity contribution >= 4 is 17.5 Å². The summed E-state index contributed by atoms with van der Waals surface area (Å²) in [6, 6.07) is 13.3. The van der Waals surface area contributed by atoms with Gasteiger partial charge in [0.15, 0.2) is 5.82 Å². The van der Waals surface area contributed by atoms with Gasteiger partial charge in [0.05, 0.1) is 5.02 Å². The normalized spacial score (nSPS) is 11.6. The molecule has 0 saturated carbocycles. The van der Waals surface area contributed by atoms with Gasteiger partial charge in [-0.2, -0.15) is 4.98 Å². The van der Waals surface area contributed by atoms with Gasteiger partial charge in [-0.25, -0.2) is 9.78 Å². The standard InChI is InChI=1S/C26H31ClN4O2/c1-6-26(5,7-2)24(32)28-15-17-11-12-21(27)20(13-17)23-29-22(30-25(33)31-23)19-10-8-9-18(14-19)16(3)4/h8-14,16H,6-7,15H2,1-5H3,(H,28,32)(H,29,30,31,33). The molecule has 3 aromatic rings. The van der Waals surface area contributed by atoms with Crippen molar-refractivity contribution in [2.75, 3.05) is 0 Å². The first kappa shape index (κ1) is 24.6. The number of aromatic amines is 1. The Bertz CT molecular complexity index is 1200. The fraction of sp³-hybridized carbons (Fsp3) is 0.385. The summed E-state index contributed by atoms with van der Waals surface area (Å²) in [4.78, 5) is 36.4. The fourth-order valence-corrected chi connectivity index (χ4v) is 3.72. The highest BCUT2D eigenvalue weighted by atomic mass is 35.5. The molecule has 1 aromatic heterocycles. The first-order valence-corrected chi connectivity index (χ1v) is 11.7. The highest BCUT2D eigenvalue weighted by molar-refractivity contribution is 6.33. The van der Waals surface area contributed by atoms with E-state index in [1.54, 1.807) is 6.07 Å². The van der Waals surface area contributed by atoms with Crippen LogP contribution in [-0.2, 0) is 11.3 Å². The molecular formula is C26H31ClN4O2. The molecule has 2 N–H and O–H groups in total. The monoisotopic (exact) mass is 466 g/mol. The zero-order valence-corrected chi connectivity index (χ0v) is 20.6. The minimum atomic E-state index is -0.499. The van der Waals surface area contributed by atoms with Crippen LogP contribution in [0.1, 0.15) is 64.5 Å². The van der Waals surface area contributed by atoms with Crippen molar-refractivity contribution < 1.29 is 4.79 Å². The minimum absolute atomic E-state index is 0.0202. The maximum Gasteiger partial charge on any atom is 0.348 e. The molecule has 1 amide bonds. The number of carbonyl (C=O) groups is 1. The third kappa shape index (κ3) is 5.69. The SMILES string of the molecule is CCC(C)(CC)C(=O)NCc1ccc(Cl)c(-c2nc(-c3cccc(C(C)C)c3)nc(=O)[nH]2)c1. The van der Waals surface area contributed by atoms with Crippen LogP contribution in [0.25, 0.3) is 22.8 Å². The van der Waals surface area contributed by atoms with Gasteiger partial charge >= 0.3 is 5.69 Å². The van der Waals surface area contributed by atoms with E-state index in [-0.39, 0.29) is 5.91 Å². The molecule has 0 bridgehead atoms. The van der Waals surface area contributed by atoms with Gasteiger partial charge in [0.25, 0.3) is 0 Å². The van der Waals surface area contributed by atoms with E-state index in [4.69, 9.17) is 11.6 Å². The molecule has 0 atom stereocenters. The van der Waals surface area contributed by atoms with Gasteiger partial charge < -0.3 is 5.32 Å². The molecule has 0 radical (unpaired) electrons. The Hall–Kier alpha value is -2.99. The van der Waals surface area contributed by atoms with Crippen molar-refractivity contribution in [3.8, 4) is 22.8 Å². The Kier molecular flexibility index (Phi) is 7.69. The smallest absolute Gasteiger partial charge is 0.348 e. The van der Waals surface area contributed by atoms with Crippen LogP contribution in [-0.4, -0.2) is 20.9 Å². The first-order valence-electron chi connectivity index (χ1n) is 11.3. The molecule has 0 unspecified atom stereocenters. The van der Waals surface area contributed by atoms with E-state index in [1.807, 2.05) is 57.2 Å². The number of H-pyrrole nitrogens is 1. The summed E-state index contributed by atoms with van der Waals surface area (Å²) in [7, 11) is 0. The van der Waals surface area contributed by atoms with Gasteiger partial charge in [-0.05, 0) is 48.1 Å². The molecule has 0 spiro atoms. The van der Waals surface area contributed by atoms with Gasteiger partial charge in [-0.1, -0.05) is 70.5 Å². The van der Waals surface area contributed by atoms with E-state index < -0.39 is 11.1 Å². The molecular weight excluding hydrogens is 436 g/mol. The summed E-state index contributed by atoms with van der Waals surface area (Å²) in [5.41, 5.74) is 2.46. The lowest BCUT2D eigenvalue weighted by atomic mass is 9.84. The van der Waals surface area contributed by atoms with Gasteiger partial charge in [-0.15, -0.1) is 0 Å². The number of nitrogens with one attached hydrogen (secondary N) is 2. The lowest BCUT2D eigenvalue weighted by Crippen LogP contribution is -2.37. The summed E-state index contributed by atoms with van der Waals surface area (Å²) in [5.74, 6) is 1.04. The fourth-order valence-electron chi connectivity index (χ4n) is 3.51. The van der Waals surface area contributed by atoms with Crippen molar-refractivity contribution in [3.63, 3.8) is 0 Å². The van der Waals surface area contributed by atoms with Crippen LogP contribution in [0.5, 0.6) is 0 Å². The van der Waals surface area contributed by atoms with Crippen molar-refractivity contribution in [3.05, 3.63) is 69.1 Å². The predicted octanol–water partition coefficient (Wildman–Crippen LogP) is 5.72. The van der Waals surface area contributed by atoms with E-state index >= 15 is 0 Å². The van der Waals surface area contributed by atoms with Crippen molar-refractivity contribution in [1.82, 2.24) is 20.3 Å². The lowest BCUT2D eigenvalue weighted by Gasteiger charge is -2.25. The highest BCUT2D eigenvalue weighted by Gasteiger charge is 2.28. The largest absolute Gasteiger partial charge is 0.352 e. The second-order valence-electron chi connectivity index (χ2n) is 8.87. The number of hydrogen-bond acceptors (Lipinski definition) is 4. The zero-order valence-electron chi connectivity index (χ0n) is 19.8. The summed E-state index contributed by atoms with van der Waals surface area (Å²) >= 11 is 6.46. The first-order chi connectivity index (χ1) is 15.7. The topological polar surface area (TPSA) is 87.7 Å². The van der Waals surface area contributed by atoms with Gasteiger partial charge in [-0.3, -0.25) is 9.78 Å². The molecule has 1 heterocycles. The van der Waals surface area contributed by atoms with Gasteiger partial charge in [0.1, 0.15) is 5.82 Å². The van der Waals surface area contributed by atoms with Crippen LogP contribution in [0.15, 0.2) is 47.3 Å². The van der Waals surface area contributed by atoms with Crippen LogP contribution in [0.3, 0.4) is 0 Å². The number of hydrogen-bond donors (Lipinski definition) is 2. The summed E-state index contributed by atoms with van der Waals surface area (Å²) in [6.45, 7) is 10.6. The van der Waals surface area contributed by atoms with Crippen LogP contribution in [0, 0.1) is 5.41 Å². The van der Waals surface area contributed by atoms with Crippen LogP contribution >= 0.6 is 11.6 Å². The molecule has 0 fully saturated rings. The van der Waals surface area contributed by atoms with Crippen LogP contribution in [0.2, 0.25) is 5.02 Å². The number of aromatic nitrogens is 3. The Morgan fingerprint density at radius 3 is 2.52 bits per heavy atom. The molecule has 33 heavy (non-hydrogen) atoms. The Morgan fingerprint density at radius 2 is 1.85 bits per heavy atom. The second kappa shape index (κ2) is 10.3. The van der Waals surface area contributed by atoms with Crippen molar-refractivity contribution in [2.24, 2.45) is 5.41 Å². The summed E-state index contributed by atoms with van der Waals surface area (Å²) in [6.07, 6.45) is 1.54. The van der Waals surface area contributed by atoms with Crippen LogP contribution < -0.4 is 11.0 Å². The van der Waals surface area contributed by atoms with Crippen molar-refractivity contribution in [2.45, 2.75) is 59.9 Å². The van der Waals surface area contributed by atoms with E-state index in [0.717, 1.165) is 29.5 Å². The van der Waals surface area contributed by atoms with Gasteiger partial charge in [0, 0.05) is 23.1 Å². The Labute approximate surface area is 199 Å². The van der Waals surface area contributed by atoms with E-state index in [9.17, 15) is 9.59 Å². The quantitative estimate of drug-likeness (QED) is 0.444. The molecule has 174 valence electrons. The summed E-state index contributed by atoms with van der Waals surface area (Å²) < 4.78 is 0. The molecule has 0 aliphatic heterocycles. The number of amides is 1. The van der Waals surface area contributed by atoms with Crippen molar-refractivity contribution in [1.29, 1.82) is 0 Å². The third-order valence-corrected chi connectivity index (χ3v) is 6.64. The predicted molar refractivity (Wildman–Crippen MR) is 133 cm³/mol. The maximum absolute atomic E-state index is 12.6. The number of carbonyl (C=O) groups excluding carboxylic acids is 1. The Balaban J connectivity index is 1.93. The van der Waals surface area contributed by atoms with E-state index in [1.165, 1.54) is 0 Å². The molecule has 3 rings (SSSR count). The molecule has 0 aliphatic carbocycles. The molecule has 6 nitrogen and oxygen atoms in total. The number of benzene rings is 2. The average molecular weight is 467 g/mol. The third-order valence-electron chi connectivity index (χ3n) is 6.31. The van der Waals surface area contributed by atoms with E-state index in [0.29, 0.717) is 34.7 Å². The summed E-state index contributed by atoms with van der Waals surface area (Å²) in [5, 5.41) is 3.47. The second-order valence-corrected chi connectivity index (χ2v) is 9.28. The molecule has 7 heteroatoms. The molecule has 0 aliphatic rings. The number of halogens is 1. The molecule has 0 saturated heterocycles. The highest BCUT2D eigenvalue weighted by Crippen LogP contribution is 2.29. The van der Waals surface area contributed by atoms with E-state index in [2.05, 4.69) is 34.1 Å².